The number of allylic oxidation sites excluding steroid dienone is 1. The molecule has 4 heteroatoms. The fourth-order valence-electron chi connectivity index (χ4n) is 3.08. The number of aromatic nitrogens is 1. The van der Waals surface area contributed by atoms with Gasteiger partial charge in [-0.05, 0) is 68.1 Å². The van der Waals surface area contributed by atoms with Gasteiger partial charge in [0, 0.05) is 10.9 Å². The van der Waals surface area contributed by atoms with Crippen LogP contribution in [0.2, 0.25) is 0 Å². The number of rotatable bonds is 9. The number of hydrogen-bond donors (Lipinski definition) is 1. The van der Waals surface area contributed by atoms with Crippen LogP contribution in [0.1, 0.15) is 31.7 Å². The lowest BCUT2D eigenvalue weighted by atomic mass is 10.1. The number of aliphatic hydroxyl groups excluding tert-OH is 1. The van der Waals surface area contributed by atoms with Crippen molar-refractivity contribution < 1.29 is 14.2 Å². The summed E-state index contributed by atoms with van der Waals surface area (Å²) in [5.41, 5.74) is 3.39. The Labute approximate surface area is 171 Å². The minimum Gasteiger partial charge on any atom is -0.486 e. The molecule has 1 N–H and O–H groups in total. The average molecular weight is 391 g/mol. The number of halogens is 1. The molecule has 2 aromatic carbocycles. The van der Waals surface area contributed by atoms with Crippen molar-refractivity contribution in [2.75, 3.05) is 6.61 Å². The van der Waals surface area contributed by atoms with Gasteiger partial charge < -0.3 is 9.84 Å². The van der Waals surface area contributed by atoms with E-state index in [9.17, 15) is 9.50 Å². The van der Waals surface area contributed by atoms with Crippen molar-refractivity contribution in [2.24, 2.45) is 0 Å². The Morgan fingerprint density at radius 2 is 2.03 bits per heavy atom. The molecule has 1 heterocycles. The van der Waals surface area contributed by atoms with Gasteiger partial charge in [0.05, 0.1) is 17.3 Å². The van der Waals surface area contributed by atoms with E-state index in [4.69, 9.17) is 4.74 Å². The molecule has 1 unspecified atom stereocenters. The first-order chi connectivity index (χ1) is 14.1. The summed E-state index contributed by atoms with van der Waals surface area (Å²) < 4.78 is 19.5. The van der Waals surface area contributed by atoms with E-state index in [1.165, 1.54) is 6.07 Å². The van der Waals surface area contributed by atoms with E-state index in [0.29, 0.717) is 11.3 Å². The van der Waals surface area contributed by atoms with Gasteiger partial charge in [-0.15, -0.1) is 0 Å². The quantitative estimate of drug-likeness (QED) is 0.350. The second-order valence-corrected chi connectivity index (χ2v) is 7.08. The van der Waals surface area contributed by atoms with Crippen LogP contribution in [0.25, 0.3) is 28.2 Å². The molecule has 3 rings (SSSR count). The summed E-state index contributed by atoms with van der Waals surface area (Å²) in [6.07, 6.45) is 8.29. The second kappa shape index (κ2) is 9.99. The van der Waals surface area contributed by atoms with E-state index in [2.05, 4.69) is 29.8 Å². The van der Waals surface area contributed by atoms with Crippen molar-refractivity contribution in [3.05, 3.63) is 78.6 Å². The molecule has 0 spiro atoms. The second-order valence-electron chi connectivity index (χ2n) is 7.08. The number of benzene rings is 2. The maximum absolute atomic E-state index is 14.2. The van der Waals surface area contributed by atoms with Gasteiger partial charge in [-0.25, -0.2) is 9.37 Å². The molecule has 150 valence electrons. The highest BCUT2D eigenvalue weighted by Gasteiger charge is 2.08. The molecule has 0 saturated carbocycles. The maximum atomic E-state index is 14.2. The fourth-order valence-corrected chi connectivity index (χ4v) is 3.08. The highest BCUT2D eigenvalue weighted by molar-refractivity contribution is 5.83. The van der Waals surface area contributed by atoms with Crippen LogP contribution in [0.5, 0.6) is 5.75 Å². The van der Waals surface area contributed by atoms with E-state index < -0.39 is 5.82 Å². The SMILES string of the molecule is C=CCOc1ccc(-c2ccc3cc(C=CCCCC(C)O)ccc3n2)cc1F. The summed E-state index contributed by atoms with van der Waals surface area (Å²) in [4.78, 5) is 4.67. The molecule has 1 aromatic heterocycles. The van der Waals surface area contributed by atoms with Gasteiger partial charge in [0.15, 0.2) is 11.6 Å². The number of hydrogen-bond acceptors (Lipinski definition) is 3. The summed E-state index contributed by atoms with van der Waals surface area (Å²) >= 11 is 0. The molecule has 0 aliphatic rings. The molecule has 0 bridgehead atoms. The number of ether oxygens (including phenoxy) is 1. The van der Waals surface area contributed by atoms with Crippen molar-refractivity contribution in [1.82, 2.24) is 4.98 Å². The van der Waals surface area contributed by atoms with Crippen molar-refractivity contribution in [3.63, 3.8) is 0 Å². The first-order valence-electron chi connectivity index (χ1n) is 9.86. The molecule has 3 aromatic rings. The number of fused-ring (bicyclic) bond motifs is 1. The number of unbranched alkanes of at least 4 members (excludes halogenated alkanes) is 1. The van der Waals surface area contributed by atoms with Gasteiger partial charge in [-0.1, -0.05) is 36.9 Å². The molecule has 29 heavy (non-hydrogen) atoms. The first kappa shape index (κ1) is 20.7. The third kappa shape index (κ3) is 5.75. The number of nitrogens with zero attached hydrogens (tertiary/aromatic N) is 1. The minimum absolute atomic E-state index is 0.208. The molecular weight excluding hydrogens is 365 g/mol. The van der Waals surface area contributed by atoms with Crippen LogP contribution in [0.4, 0.5) is 4.39 Å². The number of aliphatic hydroxyl groups is 1. The van der Waals surface area contributed by atoms with Crippen LogP contribution in [0.15, 0.2) is 67.3 Å². The maximum Gasteiger partial charge on any atom is 0.165 e. The van der Waals surface area contributed by atoms with E-state index in [1.54, 1.807) is 18.2 Å². The van der Waals surface area contributed by atoms with Crippen LogP contribution in [0, 0.1) is 5.82 Å². The molecule has 0 amide bonds. The molecule has 0 saturated heterocycles. The Kier molecular flexibility index (Phi) is 7.14. The highest BCUT2D eigenvalue weighted by atomic mass is 19.1. The predicted octanol–water partition coefficient (Wildman–Crippen LogP) is 6.17. The lowest BCUT2D eigenvalue weighted by Crippen LogP contribution is -1.97. The molecule has 0 fully saturated rings. The van der Waals surface area contributed by atoms with Gasteiger partial charge in [0.1, 0.15) is 6.61 Å². The van der Waals surface area contributed by atoms with E-state index in [-0.39, 0.29) is 18.5 Å². The van der Waals surface area contributed by atoms with Gasteiger partial charge in [-0.3, -0.25) is 0 Å². The Morgan fingerprint density at radius 1 is 1.17 bits per heavy atom. The van der Waals surface area contributed by atoms with Crippen molar-refractivity contribution in [3.8, 4) is 17.0 Å². The topological polar surface area (TPSA) is 42.4 Å². The van der Waals surface area contributed by atoms with Crippen LogP contribution in [-0.2, 0) is 0 Å². The van der Waals surface area contributed by atoms with Crippen LogP contribution < -0.4 is 4.74 Å². The summed E-state index contributed by atoms with van der Waals surface area (Å²) in [6.45, 7) is 5.64. The lowest BCUT2D eigenvalue weighted by Gasteiger charge is -2.08. The first-order valence-corrected chi connectivity index (χ1v) is 9.86. The van der Waals surface area contributed by atoms with Gasteiger partial charge in [0.2, 0.25) is 0 Å². The van der Waals surface area contributed by atoms with Crippen LogP contribution in [-0.4, -0.2) is 22.8 Å². The van der Waals surface area contributed by atoms with Crippen molar-refractivity contribution >= 4 is 17.0 Å². The molecule has 0 radical (unpaired) electrons. The Balaban J connectivity index is 1.74. The zero-order chi connectivity index (χ0) is 20.6. The summed E-state index contributed by atoms with van der Waals surface area (Å²) in [5, 5.41) is 10.3. The minimum atomic E-state index is -0.415. The zero-order valence-corrected chi connectivity index (χ0v) is 16.6. The lowest BCUT2D eigenvalue weighted by molar-refractivity contribution is 0.182. The Morgan fingerprint density at radius 3 is 2.79 bits per heavy atom. The van der Waals surface area contributed by atoms with E-state index in [1.807, 2.05) is 31.2 Å². The Hall–Kier alpha value is -2.98. The van der Waals surface area contributed by atoms with E-state index in [0.717, 1.165) is 35.7 Å². The highest BCUT2D eigenvalue weighted by Crippen LogP contribution is 2.26. The largest absolute Gasteiger partial charge is 0.486 e. The molecule has 0 aliphatic heterocycles. The predicted molar refractivity (Wildman–Crippen MR) is 117 cm³/mol. The third-order valence-corrected chi connectivity index (χ3v) is 4.60. The van der Waals surface area contributed by atoms with Crippen LogP contribution in [0.3, 0.4) is 0 Å². The van der Waals surface area contributed by atoms with Crippen molar-refractivity contribution in [2.45, 2.75) is 32.3 Å². The monoisotopic (exact) mass is 391 g/mol. The smallest absolute Gasteiger partial charge is 0.165 e. The molecule has 0 aliphatic carbocycles. The van der Waals surface area contributed by atoms with Gasteiger partial charge in [0.25, 0.3) is 0 Å². The summed E-state index contributed by atoms with van der Waals surface area (Å²) in [7, 11) is 0. The fraction of sp³-hybridized carbons (Fsp3) is 0.240. The number of pyridine rings is 1. The third-order valence-electron chi connectivity index (χ3n) is 4.60. The van der Waals surface area contributed by atoms with Crippen LogP contribution >= 0.6 is 0 Å². The van der Waals surface area contributed by atoms with Crippen molar-refractivity contribution in [1.29, 1.82) is 0 Å². The standard InChI is InChI=1S/C25H26FNO2/c1-3-15-29-25-14-11-21(17-22(25)26)24-13-10-20-16-19(9-12-23(20)27-24)8-6-4-5-7-18(2)28/h3,6,8-14,16-18,28H,1,4-5,7,15H2,2H3. The molecule has 1 atom stereocenters. The Bertz CT molecular complexity index is 1010. The average Bonchev–Trinajstić information content (AvgIpc) is 2.72. The zero-order valence-electron chi connectivity index (χ0n) is 16.6. The molecule has 3 nitrogen and oxygen atoms in total. The summed E-state index contributed by atoms with van der Waals surface area (Å²) in [5.74, 6) is -0.207. The summed E-state index contributed by atoms with van der Waals surface area (Å²) in [6, 6.07) is 14.9. The van der Waals surface area contributed by atoms with Gasteiger partial charge in [-0.2, -0.15) is 0 Å². The van der Waals surface area contributed by atoms with Gasteiger partial charge >= 0.3 is 0 Å². The van der Waals surface area contributed by atoms with E-state index >= 15 is 0 Å². The normalized spacial score (nSPS) is 12.4. The molecular formula is C25H26FNO2.